The highest BCUT2D eigenvalue weighted by Crippen LogP contribution is 2.47. The lowest BCUT2D eigenvalue weighted by atomic mass is 9.69. The topological polar surface area (TPSA) is 58.1 Å². The van der Waals surface area contributed by atoms with E-state index >= 15 is 0 Å². The Hall–Kier alpha value is -1.65. The number of hydrogen-bond acceptors (Lipinski definition) is 4. The van der Waals surface area contributed by atoms with Crippen LogP contribution in [-0.2, 0) is 4.79 Å². The van der Waals surface area contributed by atoms with Gasteiger partial charge in [0.1, 0.15) is 0 Å². The molecule has 2 aliphatic carbocycles. The molecule has 1 amide bonds. The number of fused-ring (bicyclic) bond motifs is 1. The maximum Gasteiger partial charge on any atom is 0.223 e. The van der Waals surface area contributed by atoms with Gasteiger partial charge in [0, 0.05) is 37.3 Å². The summed E-state index contributed by atoms with van der Waals surface area (Å²) in [6.07, 6.45) is 7.34. The molecule has 0 aromatic carbocycles. The second-order valence-corrected chi connectivity index (χ2v) is 6.96. The van der Waals surface area contributed by atoms with E-state index in [-0.39, 0.29) is 5.54 Å². The highest BCUT2D eigenvalue weighted by atomic mass is 16.2. The first-order valence-electron chi connectivity index (χ1n) is 8.00. The van der Waals surface area contributed by atoms with Crippen molar-refractivity contribution in [1.29, 1.82) is 0 Å². The van der Waals surface area contributed by atoms with Gasteiger partial charge in [-0.2, -0.15) is 0 Å². The summed E-state index contributed by atoms with van der Waals surface area (Å²) in [6.45, 7) is 3.70. The first-order valence-corrected chi connectivity index (χ1v) is 8.00. The second-order valence-electron chi connectivity index (χ2n) is 6.96. The van der Waals surface area contributed by atoms with E-state index in [2.05, 4.69) is 20.2 Å². The second kappa shape index (κ2) is 4.68. The summed E-state index contributed by atoms with van der Waals surface area (Å²) in [5.41, 5.74) is 0.993. The Kier molecular flexibility index (Phi) is 2.91. The van der Waals surface area contributed by atoms with Crippen LogP contribution in [0.15, 0.2) is 12.3 Å². The van der Waals surface area contributed by atoms with Crippen LogP contribution in [0, 0.1) is 18.8 Å². The lowest BCUT2D eigenvalue weighted by molar-refractivity contribution is -0.130. The highest BCUT2D eigenvalue weighted by Gasteiger charge is 2.54. The number of carbonyl (C=O) groups excluding carboxylic acids is 1. The number of carbonyl (C=O) groups is 1. The van der Waals surface area contributed by atoms with Crippen LogP contribution in [0.1, 0.15) is 37.8 Å². The van der Waals surface area contributed by atoms with Crippen LogP contribution in [0.2, 0.25) is 0 Å². The number of anilines is 1. The van der Waals surface area contributed by atoms with Gasteiger partial charge >= 0.3 is 0 Å². The molecular formula is C16H22N4O. The van der Waals surface area contributed by atoms with Crippen molar-refractivity contribution in [1.82, 2.24) is 14.9 Å². The molecule has 1 aliphatic heterocycles. The number of nitrogens with zero attached hydrogens (tertiary/aromatic N) is 3. The quantitative estimate of drug-likeness (QED) is 0.919. The van der Waals surface area contributed by atoms with E-state index in [1.165, 1.54) is 19.3 Å². The molecular weight excluding hydrogens is 264 g/mol. The molecule has 0 radical (unpaired) electrons. The predicted molar refractivity (Wildman–Crippen MR) is 79.8 cm³/mol. The Morgan fingerprint density at radius 1 is 1.48 bits per heavy atom. The van der Waals surface area contributed by atoms with Gasteiger partial charge in [-0.25, -0.2) is 9.97 Å². The van der Waals surface area contributed by atoms with Gasteiger partial charge in [0.2, 0.25) is 11.9 Å². The fraction of sp³-hybridized carbons (Fsp3) is 0.688. The number of nitrogens with one attached hydrogen (secondary N) is 1. The summed E-state index contributed by atoms with van der Waals surface area (Å²) in [7, 11) is 0. The van der Waals surface area contributed by atoms with Crippen molar-refractivity contribution in [3.8, 4) is 0 Å². The van der Waals surface area contributed by atoms with Crippen LogP contribution < -0.4 is 5.32 Å². The largest absolute Gasteiger partial charge is 0.347 e. The van der Waals surface area contributed by atoms with Crippen molar-refractivity contribution in [2.24, 2.45) is 11.8 Å². The van der Waals surface area contributed by atoms with Crippen molar-refractivity contribution in [3.63, 3.8) is 0 Å². The minimum atomic E-state index is 0.0208. The zero-order chi connectivity index (χ0) is 14.4. The molecule has 0 bridgehead atoms. The monoisotopic (exact) mass is 286 g/mol. The number of hydrogen-bond donors (Lipinski definition) is 1. The Bertz CT molecular complexity index is 571. The molecule has 2 atom stereocenters. The van der Waals surface area contributed by atoms with Crippen LogP contribution in [0.25, 0.3) is 0 Å². The molecule has 0 spiro atoms. The Morgan fingerprint density at radius 3 is 3.00 bits per heavy atom. The SMILES string of the molecule is Cc1ccnc(NC23CCC2CN(C(=O)CC2CC2)C3)n1. The van der Waals surface area contributed by atoms with Crippen molar-refractivity contribution in [3.05, 3.63) is 18.0 Å². The minimum absolute atomic E-state index is 0.0208. The van der Waals surface area contributed by atoms with Crippen molar-refractivity contribution < 1.29 is 4.79 Å². The minimum Gasteiger partial charge on any atom is -0.347 e. The van der Waals surface area contributed by atoms with E-state index < -0.39 is 0 Å². The molecule has 5 heteroatoms. The summed E-state index contributed by atoms with van der Waals surface area (Å²) in [4.78, 5) is 23.2. The average Bonchev–Trinajstić information content (AvgIpc) is 3.20. The van der Waals surface area contributed by atoms with Gasteiger partial charge in [0.15, 0.2) is 0 Å². The van der Waals surface area contributed by atoms with Gasteiger partial charge in [-0.05, 0) is 44.6 Å². The lowest BCUT2D eigenvalue weighted by Gasteiger charge is -2.44. The third-order valence-corrected chi connectivity index (χ3v) is 5.30. The van der Waals surface area contributed by atoms with Crippen molar-refractivity contribution in [2.75, 3.05) is 18.4 Å². The number of aromatic nitrogens is 2. The zero-order valence-corrected chi connectivity index (χ0v) is 12.5. The molecule has 112 valence electrons. The summed E-state index contributed by atoms with van der Waals surface area (Å²) in [6, 6.07) is 1.90. The molecule has 3 fully saturated rings. The van der Waals surface area contributed by atoms with Gasteiger partial charge in [0.05, 0.1) is 5.54 Å². The summed E-state index contributed by atoms with van der Waals surface area (Å²) >= 11 is 0. The van der Waals surface area contributed by atoms with E-state index in [4.69, 9.17) is 0 Å². The molecule has 3 aliphatic rings. The average molecular weight is 286 g/mol. The lowest BCUT2D eigenvalue weighted by Crippen LogP contribution is -2.53. The maximum atomic E-state index is 12.3. The maximum absolute atomic E-state index is 12.3. The van der Waals surface area contributed by atoms with Crippen LogP contribution in [-0.4, -0.2) is 39.4 Å². The molecule has 2 heterocycles. The fourth-order valence-electron chi connectivity index (χ4n) is 3.67. The van der Waals surface area contributed by atoms with Crippen LogP contribution in [0.3, 0.4) is 0 Å². The van der Waals surface area contributed by atoms with Gasteiger partial charge < -0.3 is 10.2 Å². The normalized spacial score (nSPS) is 30.7. The molecule has 1 N–H and O–H groups in total. The Morgan fingerprint density at radius 2 is 2.33 bits per heavy atom. The van der Waals surface area contributed by atoms with Gasteiger partial charge in [0.25, 0.3) is 0 Å². The summed E-state index contributed by atoms with van der Waals surface area (Å²) in [5, 5.41) is 3.53. The smallest absolute Gasteiger partial charge is 0.223 e. The number of aryl methyl sites for hydroxylation is 1. The van der Waals surface area contributed by atoms with Crippen molar-refractivity contribution in [2.45, 2.75) is 44.6 Å². The molecule has 1 aromatic heterocycles. The highest BCUT2D eigenvalue weighted by molar-refractivity contribution is 5.77. The molecule has 2 saturated carbocycles. The van der Waals surface area contributed by atoms with E-state index in [1.807, 2.05) is 13.0 Å². The first-order chi connectivity index (χ1) is 10.1. The molecule has 2 unspecified atom stereocenters. The fourth-order valence-corrected chi connectivity index (χ4v) is 3.67. The third-order valence-electron chi connectivity index (χ3n) is 5.30. The zero-order valence-electron chi connectivity index (χ0n) is 12.5. The first kappa shape index (κ1) is 13.0. The van der Waals surface area contributed by atoms with E-state index in [9.17, 15) is 4.79 Å². The molecule has 21 heavy (non-hydrogen) atoms. The van der Waals surface area contributed by atoms with Gasteiger partial charge in [-0.3, -0.25) is 4.79 Å². The molecule has 1 aromatic rings. The predicted octanol–water partition coefficient (Wildman–Crippen LogP) is 1.99. The van der Waals surface area contributed by atoms with Crippen LogP contribution in [0.4, 0.5) is 5.95 Å². The summed E-state index contributed by atoms with van der Waals surface area (Å²) < 4.78 is 0. The van der Waals surface area contributed by atoms with Gasteiger partial charge in [-0.15, -0.1) is 0 Å². The van der Waals surface area contributed by atoms with E-state index in [1.54, 1.807) is 6.20 Å². The standard InChI is InChI=1S/C16H22N4O/c1-11-5-7-17-15(18-11)19-16-6-4-13(16)9-20(10-16)14(21)8-12-2-3-12/h5,7,12-13H,2-4,6,8-10H2,1H3,(H,17,18,19). The number of likely N-dealkylation sites (tertiary alicyclic amines) is 1. The van der Waals surface area contributed by atoms with Crippen LogP contribution >= 0.6 is 0 Å². The van der Waals surface area contributed by atoms with E-state index in [0.29, 0.717) is 23.7 Å². The molecule has 1 saturated heterocycles. The molecule has 4 rings (SSSR count). The Labute approximate surface area is 125 Å². The number of amides is 1. The van der Waals surface area contributed by atoms with Gasteiger partial charge in [-0.1, -0.05) is 0 Å². The third kappa shape index (κ3) is 2.39. The number of rotatable bonds is 4. The summed E-state index contributed by atoms with van der Waals surface area (Å²) in [5.74, 6) is 2.28. The van der Waals surface area contributed by atoms with Crippen molar-refractivity contribution >= 4 is 11.9 Å². The van der Waals surface area contributed by atoms with Crippen LogP contribution in [0.5, 0.6) is 0 Å². The Balaban J connectivity index is 1.45. The van der Waals surface area contributed by atoms with E-state index in [0.717, 1.165) is 31.6 Å². The molecule has 5 nitrogen and oxygen atoms in total.